The second kappa shape index (κ2) is 7.83. The number of hydrogen-bond donors (Lipinski definition) is 0. The predicted molar refractivity (Wildman–Crippen MR) is 98.9 cm³/mol. The van der Waals surface area contributed by atoms with Crippen molar-refractivity contribution < 1.29 is 0 Å². The Labute approximate surface area is 141 Å². The highest BCUT2D eigenvalue weighted by Gasteiger charge is 2.17. The van der Waals surface area contributed by atoms with Crippen LogP contribution in [0.2, 0.25) is 0 Å². The van der Waals surface area contributed by atoms with Crippen molar-refractivity contribution in [3.05, 3.63) is 47.7 Å². The number of rotatable bonds is 5. The van der Waals surface area contributed by atoms with E-state index in [4.69, 9.17) is 0 Å². The van der Waals surface area contributed by atoms with Gasteiger partial charge >= 0.3 is 0 Å². The van der Waals surface area contributed by atoms with Gasteiger partial charge in [-0.1, -0.05) is 43.2 Å². The second-order valence-electron chi connectivity index (χ2n) is 7.09. The maximum absolute atomic E-state index is 2.62. The van der Waals surface area contributed by atoms with Gasteiger partial charge < -0.3 is 9.47 Å². The van der Waals surface area contributed by atoms with Gasteiger partial charge in [0.25, 0.3) is 0 Å². The van der Waals surface area contributed by atoms with Gasteiger partial charge in [-0.15, -0.1) is 0 Å². The van der Waals surface area contributed by atoms with Crippen molar-refractivity contribution in [1.82, 2.24) is 9.47 Å². The predicted octanol–water partition coefficient (Wildman–Crippen LogP) is 4.77. The van der Waals surface area contributed by atoms with Crippen LogP contribution >= 0.6 is 0 Å². The molecule has 0 fully saturated rings. The van der Waals surface area contributed by atoms with Crippen LogP contribution in [0.3, 0.4) is 0 Å². The highest BCUT2D eigenvalue weighted by Crippen LogP contribution is 2.30. The summed E-state index contributed by atoms with van der Waals surface area (Å²) in [5.74, 6) is 0. The van der Waals surface area contributed by atoms with Gasteiger partial charge in [0.15, 0.2) is 0 Å². The van der Waals surface area contributed by atoms with Crippen LogP contribution in [0, 0.1) is 0 Å². The van der Waals surface area contributed by atoms with Crippen molar-refractivity contribution in [2.45, 2.75) is 51.5 Å². The lowest BCUT2D eigenvalue weighted by molar-refractivity contribution is 0.385. The molecular weight excluding hydrogens is 280 g/mol. The maximum atomic E-state index is 2.62. The Hall–Kier alpha value is -1.54. The standard InChI is InChI=1S/C21H30N2/c1-22(2)15-10-16-23-20-14-9-4-3-6-13-19(20)17-21(23)18-11-7-5-8-12-18/h5,7-8,11-12,17H,3-4,6,9-10,13-16H2,1-2H3. The first-order chi connectivity index (χ1) is 11.3. The number of benzene rings is 1. The molecule has 1 aliphatic rings. The molecule has 0 radical (unpaired) electrons. The van der Waals surface area contributed by atoms with Crippen LogP contribution in [-0.4, -0.2) is 30.1 Å². The first-order valence-corrected chi connectivity index (χ1v) is 9.17. The fourth-order valence-electron chi connectivity index (χ4n) is 3.77. The van der Waals surface area contributed by atoms with E-state index in [2.05, 4.69) is 60.0 Å². The molecule has 23 heavy (non-hydrogen) atoms. The molecule has 0 aliphatic heterocycles. The lowest BCUT2D eigenvalue weighted by Crippen LogP contribution is -2.16. The van der Waals surface area contributed by atoms with Crippen molar-refractivity contribution in [3.8, 4) is 11.3 Å². The number of nitrogens with zero attached hydrogens (tertiary/aromatic N) is 2. The van der Waals surface area contributed by atoms with Gasteiger partial charge in [0.1, 0.15) is 0 Å². The lowest BCUT2D eigenvalue weighted by atomic mass is 9.98. The van der Waals surface area contributed by atoms with Crippen LogP contribution in [-0.2, 0) is 19.4 Å². The van der Waals surface area contributed by atoms with Crippen LogP contribution in [0.15, 0.2) is 36.4 Å². The summed E-state index contributed by atoms with van der Waals surface area (Å²) in [5.41, 5.74) is 6.01. The fourth-order valence-corrected chi connectivity index (χ4v) is 3.77. The molecule has 1 aliphatic carbocycles. The largest absolute Gasteiger partial charge is 0.344 e. The molecule has 2 heteroatoms. The van der Waals surface area contributed by atoms with Crippen LogP contribution < -0.4 is 0 Å². The van der Waals surface area contributed by atoms with Gasteiger partial charge in [-0.05, 0) is 69.9 Å². The fraction of sp³-hybridized carbons (Fsp3) is 0.524. The number of hydrogen-bond acceptors (Lipinski definition) is 1. The summed E-state index contributed by atoms with van der Waals surface area (Å²) in [5, 5.41) is 0. The molecule has 3 rings (SSSR count). The summed E-state index contributed by atoms with van der Waals surface area (Å²) in [6.07, 6.45) is 9.21. The van der Waals surface area contributed by atoms with E-state index in [0.29, 0.717) is 0 Å². The Morgan fingerprint density at radius 2 is 1.70 bits per heavy atom. The van der Waals surface area contributed by atoms with Gasteiger partial charge in [-0.3, -0.25) is 0 Å². The minimum absolute atomic E-state index is 1.14. The maximum Gasteiger partial charge on any atom is 0.0485 e. The summed E-state index contributed by atoms with van der Waals surface area (Å²) < 4.78 is 2.62. The number of fused-ring (bicyclic) bond motifs is 1. The van der Waals surface area contributed by atoms with Crippen LogP contribution in [0.4, 0.5) is 0 Å². The molecule has 124 valence electrons. The summed E-state index contributed by atoms with van der Waals surface area (Å²) in [6, 6.07) is 13.4. The van der Waals surface area contributed by atoms with Crippen molar-refractivity contribution in [1.29, 1.82) is 0 Å². The monoisotopic (exact) mass is 310 g/mol. The first-order valence-electron chi connectivity index (χ1n) is 9.17. The quantitative estimate of drug-likeness (QED) is 0.772. The van der Waals surface area contributed by atoms with E-state index >= 15 is 0 Å². The van der Waals surface area contributed by atoms with E-state index < -0.39 is 0 Å². The molecule has 0 saturated carbocycles. The zero-order valence-electron chi connectivity index (χ0n) is 14.7. The van der Waals surface area contributed by atoms with Crippen molar-refractivity contribution in [3.63, 3.8) is 0 Å². The van der Waals surface area contributed by atoms with Crippen LogP contribution in [0.25, 0.3) is 11.3 Å². The van der Waals surface area contributed by atoms with E-state index in [-0.39, 0.29) is 0 Å². The molecule has 0 N–H and O–H groups in total. The molecule has 0 spiro atoms. The van der Waals surface area contributed by atoms with Crippen molar-refractivity contribution in [2.75, 3.05) is 20.6 Å². The molecule has 0 amide bonds. The van der Waals surface area contributed by atoms with Gasteiger partial charge in [-0.2, -0.15) is 0 Å². The molecule has 1 aromatic heterocycles. The van der Waals surface area contributed by atoms with Crippen LogP contribution in [0.5, 0.6) is 0 Å². The topological polar surface area (TPSA) is 8.17 Å². The lowest BCUT2D eigenvalue weighted by Gasteiger charge is -2.17. The molecule has 1 aromatic carbocycles. The van der Waals surface area contributed by atoms with E-state index in [1.807, 2.05) is 0 Å². The van der Waals surface area contributed by atoms with Crippen molar-refractivity contribution >= 4 is 0 Å². The summed E-state index contributed by atoms with van der Waals surface area (Å²) >= 11 is 0. The zero-order chi connectivity index (χ0) is 16.1. The SMILES string of the molecule is CN(C)CCCn1c(-c2ccccc2)cc2c1CCCCCC2. The molecule has 0 bridgehead atoms. The highest BCUT2D eigenvalue weighted by molar-refractivity contribution is 5.62. The van der Waals surface area contributed by atoms with Gasteiger partial charge in [0.05, 0.1) is 0 Å². The molecule has 0 atom stereocenters. The molecule has 2 aromatic rings. The Bertz CT molecular complexity index is 610. The van der Waals surface area contributed by atoms with E-state index in [1.165, 1.54) is 56.2 Å². The third-order valence-corrected chi connectivity index (χ3v) is 4.96. The minimum atomic E-state index is 1.14. The normalized spacial score (nSPS) is 15.3. The minimum Gasteiger partial charge on any atom is -0.344 e. The van der Waals surface area contributed by atoms with E-state index in [0.717, 1.165) is 13.1 Å². The van der Waals surface area contributed by atoms with Crippen LogP contribution in [0.1, 0.15) is 43.4 Å². The third-order valence-electron chi connectivity index (χ3n) is 4.96. The average molecular weight is 310 g/mol. The Balaban J connectivity index is 1.94. The Morgan fingerprint density at radius 3 is 2.43 bits per heavy atom. The summed E-state index contributed by atoms with van der Waals surface area (Å²) in [7, 11) is 4.33. The number of aromatic nitrogens is 1. The van der Waals surface area contributed by atoms with Gasteiger partial charge in [-0.25, -0.2) is 0 Å². The van der Waals surface area contributed by atoms with Crippen molar-refractivity contribution in [2.24, 2.45) is 0 Å². The smallest absolute Gasteiger partial charge is 0.0485 e. The Kier molecular flexibility index (Phi) is 5.56. The van der Waals surface area contributed by atoms with E-state index in [9.17, 15) is 0 Å². The molecule has 1 heterocycles. The van der Waals surface area contributed by atoms with Gasteiger partial charge in [0.2, 0.25) is 0 Å². The molecular formula is C21H30N2. The molecule has 0 unspecified atom stereocenters. The van der Waals surface area contributed by atoms with E-state index in [1.54, 1.807) is 11.3 Å². The third kappa shape index (κ3) is 4.06. The average Bonchev–Trinajstić information content (AvgIpc) is 2.85. The molecule has 2 nitrogen and oxygen atoms in total. The highest BCUT2D eigenvalue weighted by atomic mass is 15.1. The summed E-state index contributed by atoms with van der Waals surface area (Å²) in [4.78, 5) is 2.29. The first kappa shape index (κ1) is 16.3. The molecule has 0 saturated heterocycles. The summed E-state index contributed by atoms with van der Waals surface area (Å²) in [6.45, 7) is 2.29. The second-order valence-corrected chi connectivity index (χ2v) is 7.09. The van der Waals surface area contributed by atoms with Gasteiger partial charge in [0, 0.05) is 17.9 Å². The zero-order valence-corrected chi connectivity index (χ0v) is 14.7. The number of aryl methyl sites for hydroxylation is 1. The Morgan fingerprint density at radius 1 is 0.957 bits per heavy atom.